The van der Waals surface area contributed by atoms with E-state index in [-0.39, 0.29) is 25.7 Å². The van der Waals surface area contributed by atoms with Crippen molar-refractivity contribution in [2.45, 2.75) is 388 Å². The summed E-state index contributed by atoms with van der Waals surface area (Å²) < 4.78 is 68.4. The Labute approximate surface area is 562 Å². The van der Waals surface area contributed by atoms with Crippen LogP contribution in [-0.2, 0) is 65.4 Å². The van der Waals surface area contributed by atoms with Gasteiger partial charge in [-0.3, -0.25) is 37.3 Å². The van der Waals surface area contributed by atoms with Gasteiger partial charge < -0.3 is 33.8 Å². The first-order valence-corrected chi connectivity index (χ1v) is 40.9. The van der Waals surface area contributed by atoms with Crippen molar-refractivity contribution in [1.29, 1.82) is 0 Å². The largest absolute Gasteiger partial charge is 0.472 e. The summed E-state index contributed by atoms with van der Waals surface area (Å²) in [5.41, 5.74) is 0. The first kappa shape index (κ1) is 90.1. The van der Waals surface area contributed by atoms with Gasteiger partial charge in [0.25, 0.3) is 0 Å². The zero-order valence-electron chi connectivity index (χ0n) is 60.0. The highest BCUT2D eigenvalue weighted by atomic mass is 31.2. The van der Waals surface area contributed by atoms with Crippen LogP contribution in [0.2, 0.25) is 0 Å². The second-order valence-electron chi connectivity index (χ2n) is 27.5. The molecule has 0 spiro atoms. The fourth-order valence-corrected chi connectivity index (χ4v) is 12.6. The van der Waals surface area contributed by atoms with Crippen molar-refractivity contribution in [3.05, 3.63) is 0 Å². The van der Waals surface area contributed by atoms with Crippen LogP contribution < -0.4 is 0 Å². The summed E-state index contributed by atoms with van der Waals surface area (Å²) in [5.74, 6) is 0.163. The fourth-order valence-electron chi connectivity index (χ4n) is 11.0. The SMILES string of the molecule is CCCCCCCCCCCCCCC(=O)O[C@H](COC(=O)CCCCCCCCC(C)CC)COP(=O)(O)OC[C@H](O)COP(=O)(O)OC[C@@H](COC(=O)CCCCCCCCCCCCC(C)C)OC(=O)CCCCCCCCCCCCCCCCC(C)C. The van der Waals surface area contributed by atoms with E-state index in [2.05, 4.69) is 48.5 Å². The van der Waals surface area contributed by atoms with Crippen molar-refractivity contribution in [2.75, 3.05) is 39.6 Å². The number of phosphoric acid groups is 2. The molecule has 546 valence electrons. The van der Waals surface area contributed by atoms with Gasteiger partial charge in [0.15, 0.2) is 12.2 Å². The Kier molecular flexibility index (Phi) is 62.4. The zero-order chi connectivity index (χ0) is 68.0. The van der Waals surface area contributed by atoms with E-state index < -0.39 is 97.5 Å². The second-order valence-corrected chi connectivity index (χ2v) is 30.4. The number of carbonyl (C=O) groups is 4. The highest BCUT2D eigenvalue weighted by molar-refractivity contribution is 7.47. The minimum Gasteiger partial charge on any atom is -0.462 e. The Morgan fingerprint density at radius 1 is 0.315 bits per heavy atom. The van der Waals surface area contributed by atoms with E-state index in [9.17, 15) is 43.2 Å². The lowest BCUT2D eigenvalue weighted by Crippen LogP contribution is -2.30. The van der Waals surface area contributed by atoms with E-state index in [0.29, 0.717) is 25.7 Å². The molecule has 0 aliphatic carbocycles. The lowest BCUT2D eigenvalue weighted by molar-refractivity contribution is -0.161. The number of unbranched alkanes of at least 4 members (excludes halogenated alkanes) is 38. The molecule has 0 aliphatic heterocycles. The first-order chi connectivity index (χ1) is 44.3. The monoisotopic (exact) mass is 1350 g/mol. The van der Waals surface area contributed by atoms with E-state index in [1.54, 1.807) is 0 Å². The smallest absolute Gasteiger partial charge is 0.462 e. The molecular formula is C73H142O17P2. The normalized spacial score (nSPS) is 14.4. The molecule has 3 unspecified atom stereocenters. The molecule has 0 rings (SSSR count). The van der Waals surface area contributed by atoms with Gasteiger partial charge in [0, 0.05) is 25.7 Å². The Morgan fingerprint density at radius 2 is 0.554 bits per heavy atom. The topological polar surface area (TPSA) is 237 Å². The van der Waals surface area contributed by atoms with Crippen molar-refractivity contribution in [2.24, 2.45) is 17.8 Å². The molecule has 19 heteroatoms. The lowest BCUT2D eigenvalue weighted by atomic mass is 10.00. The summed E-state index contributed by atoms with van der Waals surface area (Å²) in [6, 6.07) is 0. The molecule has 3 N–H and O–H groups in total. The van der Waals surface area contributed by atoms with Gasteiger partial charge in [0.1, 0.15) is 19.3 Å². The molecular weight excluding hydrogens is 1210 g/mol. The molecule has 0 heterocycles. The summed E-state index contributed by atoms with van der Waals surface area (Å²) in [5, 5.41) is 10.6. The summed E-state index contributed by atoms with van der Waals surface area (Å²) in [6.45, 7) is 11.9. The number of esters is 4. The standard InChI is InChI=1S/C73H142O17P2/c1-8-10-11-12-13-14-15-21-28-33-42-49-56-72(77)90-69(61-84-71(76)55-48-41-36-35-39-46-53-66(7)9-2)63-88-92(81,82)86-59-67(74)58-85-91(79,80)87-62-68(60-83-70(75)54-47-40-32-27-24-23-26-31-38-45-52-65(5)6)89-73(78)57-50-43-34-29-22-19-17-16-18-20-25-30-37-44-51-64(3)4/h64-69,74H,8-63H2,1-7H3,(H,79,80)(H,81,82)/t66?,67-,68-,69-/m1/s1. The molecule has 0 saturated carbocycles. The number of aliphatic hydroxyl groups is 1. The summed E-state index contributed by atoms with van der Waals surface area (Å²) in [6.07, 6.45) is 48.5. The number of hydrogen-bond acceptors (Lipinski definition) is 15. The van der Waals surface area contributed by atoms with Crippen molar-refractivity contribution >= 4 is 39.5 Å². The van der Waals surface area contributed by atoms with E-state index in [4.69, 9.17) is 37.0 Å². The average molecular weight is 1350 g/mol. The number of phosphoric ester groups is 2. The van der Waals surface area contributed by atoms with Crippen LogP contribution in [0.4, 0.5) is 0 Å². The maximum Gasteiger partial charge on any atom is 0.472 e. The summed E-state index contributed by atoms with van der Waals surface area (Å²) in [4.78, 5) is 72.7. The number of carbonyl (C=O) groups excluding carboxylic acids is 4. The molecule has 17 nitrogen and oxygen atoms in total. The summed E-state index contributed by atoms with van der Waals surface area (Å²) >= 11 is 0. The maximum atomic E-state index is 13.1. The van der Waals surface area contributed by atoms with Crippen molar-refractivity contribution < 1.29 is 80.2 Å². The third-order valence-electron chi connectivity index (χ3n) is 17.2. The molecule has 0 bridgehead atoms. The minimum absolute atomic E-state index is 0.106. The van der Waals surface area contributed by atoms with Gasteiger partial charge in [0.2, 0.25) is 0 Å². The molecule has 0 saturated heterocycles. The van der Waals surface area contributed by atoms with Gasteiger partial charge >= 0.3 is 39.5 Å². The highest BCUT2D eigenvalue weighted by Crippen LogP contribution is 2.45. The molecule has 0 amide bonds. The molecule has 0 aromatic carbocycles. The van der Waals surface area contributed by atoms with Crippen molar-refractivity contribution in [3.8, 4) is 0 Å². The second kappa shape index (κ2) is 63.8. The first-order valence-electron chi connectivity index (χ1n) is 37.9. The third-order valence-corrected chi connectivity index (χ3v) is 19.1. The van der Waals surface area contributed by atoms with E-state index >= 15 is 0 Å². The van der Waals surface area contributed by atoms with Gasteiger partial charge in [0.05, 0.1) is 26.4 Å². The van der Waals surface area contributed by atoms with Crippen LogP contribution in [0.1, 0.15) is 370 Å². The third kappa shape index (κ3) is 65.4. The van der Waals surface area contributed by atoms with Gasteiger partial charge in [-0.25, -0.2) is 9.13 Å². The van der Waals surface area contributed by atoms with E-state index in [1.807, 2.05) is 0 Å². The average Bonchev–Trinajstić information content (AvgIpc) is 1.55. The van der Waals surface area contributed by atoms with Crippen LogP contribution in [0, 0.1) is 17.8 Å². The Hall–Kier alpha value is -1.94. The molecule has 0 aliphatic rings. The number of rotatable bonds is 71. The predicted octanol–water partition coefficient (Wildman–Crippen LogP) is 21.0. The lowest BCUT2D eigenvalue weighted by Gasteiger charge is -2.21. The maximum absolute atomic E-state index is 13.1. The van der Waals surface area contributed by atoms with Crippen LogP contribution in [0.15, 0.2) is 0 Å². The zero-order valence-corrected chi connectivity index (χ0v) is 61.8. The molecule has 0 aromatic rings. The molecule has 0 radical (unpaired) electrons. The minimum atomic E-state index is -4.96. The van der Waals surface area contributed by atoms with Gasteiger partial charge in [-0.1, -0.05) is 318 Å². The quantitative estimate of drug-likeness (QED) is 0.0222. The summed E-state index contributed by atoms with van der Waals surface area (Å²) in [7, 11) is -9.91. The van der Waals surface area contributed by atoms with Crippen LogP contribution in [0.25, 0.3) is 0 Å². The van der Waals surface area contributed by atoms with Gasteiger partial charge in [-0.15, -0.1) is 0 Å². The molecule has 92 heavy (non-hydrogen) atoms. The van der Waals surface area contributed by atoms with Crippen LogP contribution in [-0.4, -0.2) is 96.7 Å². The predicted molar refractivity (Wildman–Crippen MR) is 372 cm³/mol. The Bertz CT molecular complexity index is 1800. The molecule has 0 fully saturated rings. The molecule has 6 atom stereocenters. The van der Waals surface area contributed by atoms with E-state index in [0.717, 1.165) is 114 Å². The number of ether oxygens (including phenoxy) is 4. The van der Waals surface area contributed by atoms with Crippen molar-refractivity contribution in [3.63, 3.8) is 0 Å². The Morgan fingerprint density at radius 3 is 0.826 bits per heavy atom. The van der Waals surface area contributed by atoms with Crippen molar-refractivity contribution in [1.82, 2.24) is 0 Å². The molecule has 0 aromatic heterocycles. The number of aliphatic hydroxyl groups excluding tert-OH is 1. The number of hydrogen-bond donors (Lipinski definition) is 3. The van der Waals surface area contributed by atoms with E-state index in [1.165, 1.54) is 173 Å². The van der Waals surface area contributed by atoms with Gasteiger partial charge in [-0.05, 0) is 43.4 Å². The van der Waals surface area contributed by atoms with Crippen LogP contribution >= 0.6 is 15.6 Å². The Balaban J connectivity index is 5.25. The van der Waals surface area contributed by atoms with Crippen LogP contribution in [0.3, 0.4) is 0 Å². The fraction of sp³-hybridized carbons (Fsp3) is 0.945. The van der Waals surface area contributed by atoms with Gasteiger partial charge in [-0.2, -0.15) is 0 Å². The highest BCUT2D eigenvalue weighted by Gasteiger charge is 2.30. The van der Waals surface area contributed by atoms with Crippen LogP contribution in [0.5, 0.6) is 0 Å².